The highest BCUT2D eigenvalue weighted by atomic mass is 79.9. The lowest BCUT2D eigenvalue weighted by molar-refractivity contribution is -0.148. The second-order valence-corrected chi connectivity index (χ2v) is 7.61. The molecule has 0 N–H and O–H groups in total. The summed E-state index contributed by atoms with van der Waals surface area (Å²) in [5, 5.41) is 0. The van der Waals surface area contributed by atoms with E-state index in [9.17, 15) is 14.0 Å². The van der Waals surface area contributed by atoms with Crippen LogP contribution in [0.1, 0.15) is 78.1 Å². The number of halogens is 2. The number of unbranched alkanes of at least 4 members (excludes halogenated alkanes) is 5. The maximum absolute atomic E-state index is 13.0. The molecular weight excluding hydrogens is 415 g/mol. The van der Waals surface area contributed by atoms with E-state index in [1.807, 2.05) is 6.92 Å². The first kappa shape index (κ1) is 23.6. The summed E-state index contributed by atoms with van der Waals surface area (Å²) in [6, 6.07) is 3.83. The molecule has 0 radical (unpaired) electrons. The number of esters is 2. The second-order valence-electron chi connectivity index (χ2n) is 6.76. The van der Waals surface area contributed by atoms with E-state index in [2.05, 4.69) is 22.9 Å². The van der Waals surface area contributed by atoms with Crippen LogP contribution in [0.4, 0.5) is 4.39 Å². The number of rotatable bonds is 13. The molecule has 0 heterocycles. The Morgan fingerprint density at radius 1 is 1.04 bits per heavy atom. The third-order valence-corrected chi connectivity index (χ3v) is 4.80. The van der Waals surface area contributed by atoms with Crippen LogP contribution in [-0.4, -0.2) is 18.0 Å². The molecule has 1 atom stereocenters. The van der Waals surface area contributed by atoms with Gasteiger partial charge in [-0.1, -0.05) is 39.0 Å². The van der Waals surface area contributed by atoms with Crippen LogP contribution < -0.4 is 4.74 Å². The maximum Gasteiger partial charge on any atom is 0.311 e. The lowest BCUT2D eigenvalue weighted by Crippen LogP contribution is -2.15. The van der Waals surface area contributed by atoms with E-state index < -0.39 is 11.8 Å². The molecule has 27 heavy (non-hydrogen) atoms. The number of benzene rings is 1. The summed E-state index contributed by atoms with van der Waals surface area (Å²) in [6.07, 6.45) is 8.70. The fourth-order valence-electron chi connectivity index (χ4n) is 2.66. The third-order valence-electron chi connectivity index (χ3n) is 4.18. The summed E-state index contributed by atoms with van der Waals surface area (Å²) >= 11 is 3.14. The normalized spacial score (nSPS) is 11.9. The fourth-order valence-corrected chi connectivity index (χ4v) is 3.09. The van der Waals surface area contributed by atoms with Crippen molar-refractivity contribution in [1.82, 2.24) is 0 Å². The van der Waals surface area contributed by atoms with Gasteiger partial charge in [0.2, 0.25) is 0 Å². The van der Waals surface area contributed by atoms with Crippen molar-refractivity contribution >= 4 is 27.9 Å². The van der Waals surface area contributed by atoms with Crippen LogP contribution in [0.5, 0.6) is 5.75 Å². The molecule has 152 valence electrons. The van der Waals surface area contributed by atoms with E-state index in [1.54, 1.807) is 0 Å². The zero-order chi connectivity index (χ0) is 20.1. The van der Waals surface area contributed by atoms with Crippen LogP contribution >= 0.6 is 15.9 Å². The lowest BCUT2D eigenvalue weighted by Gasteiger charge is -2.13. The fraction of sp³-hybridized carbons (Fsp3) is 0.619. The smallest absolute Gasteiger partial charge is 0.311 e. The zero-order valence-electron chi connectivity index (χ0n) is 16.3. The van der Waals surface area contributed by atoms with E-state index in [1.165, 1.54) is 50.3 Å². The summed E-state index contributed by atoms with van der Waals surface area (Å²) in [5.74, 6) is -0.907. The van der Waals surface area contributed by atoms with Crippen molar-refractivity contribution in [3.63, 3.8) is 0 Å². The van der Waals surface area contributed by atoms with E-state index in [0.29, 0.717) is 10.9 Å². The molecular formula is C21H30BrFO4. The predicted molar refractivity (Wildman–Crippen MR) is 107 cm³/mol. The first-order valence-electron chi connectivity index (χ1n) is 9.77. The SMILES string of the molecule is CCCCCCCCC(C)OC(=O)CCCC(=O)Oc1ccc(F)cc1Br. The molecule has 1 aromatic rings. The van der Waals surface area contributed by atoms with Gasteiger partial charge >= 0.3 is 11.9 Å². The highest BCUT2D eigenvalue weighted by Crippen LogP contribution is 2.26. The quantitative estimate of drug-likeness (QED) is 0.202. The van der Waals surface area contributed by atoms with Crippen molar-refractivity contribution < 1.29 is 23.5 Å². The van der Waals surface area contributed by atoms with Crippen LogP contribution in [0.15, 0.2) is 22.7 Å². The highest BCUT2D eigenvalue weighted by molar-refractivity contribution is 9.10. The largest absolute Gasteiger partial charge is 0.463 e. The van der Waals surface area contributed by atoms with Crippen molar-refractivity contribution in [3.8, 4) is 5.75 Å². The van der Waals surface area contributed by atoms with Gasteiger partial charge in [0.25, 0.3) is 0 Å². The Morgan fingerprint density at radius 3 is 2.41 bits per heavy atom. The summed E-state index contributed by atoms with van der Waals surface area (Å²) in [6.45, 7) is 4.10. The summed E-state index contributed by atoms with van der Waals surface area (Å²) in [4.78, 5) is 23.6. The van der Waals surface area contributed by atoms with Crippen molar-refractivity contribution in [2.24, 2.45) is 0 Å². The molecule has 0 spiro atoms. The number of carbonyl (C=O) groups is 2. The number of hydrogen-bond donors (Lipinski definition) is 0. The zero-order valence-corrected chi connectivity index (χ0v) is 17.9. The van der Waals surface area contributed by atoms with Crippen molar-refractivity contribution in [2.45, 2.75) is 84.2 Å². The topological polar surface area (TPSA) is 52.6 Å². The molecule has 1 aromatic carbocycles. The molecule has 0 aliphatic carbocycles. The van der Waals surface area contributed by atoms with Gasteiger partial charge in [0.05, 0.1) is 10.6 Å². The summed E-state index contributed by atoms with van der Waals surface area (Å²) in [5.41, 5.74) is 0. The van der Waals surface area contributed by atoms with Gasteiger partial charge < -0.3 is 9.47 Å². The van der Waals surface area contributed by atoms with Crippen molar-refractivity contribution in [3.05, 3.63) is 28.5 Å². The predicted octanol–water partition coefficient (Wildman–Crippen LogP) is 6.35. The standard InChI is InChI=1S/C21H30BrFO4/c1-3-4-5-6-7-8-10-16(2)26-20(24)11-9-12-21(25)27-19-14-13-17(23)15-18(19)22/h13-16H,3-12H2,1-2H3. The Balaban J connectivity index is 2.14. The minimum atomic E-state index is -0.463. The second kappa shape index (κ2) is 13.7. The Morgan fingerprint density at radius 2 is 1.70 bits per heavy atom. The van der Waals surface area contributed by atoms with Gasteiger partial charge in [-0.15, -0.1) is 0 Å². The highest BCUT2D eigenvalue weighted by Gasteiger charge is 2.12. The Kier molecular flexibility index (Phi) is 12.0. The average Bonchev–Trinajstić information content (AvgIpc) is 2.60. The number of ether oxygens (including phenoxy) is 2. The molecule has 0 aliphatic heterocycles. The van der Waals surface area contributed by atoms with E-state index in [0.717, 1.165) is 12.8 Å². The minimum absolute atomic E-state index is 0.0919. The molecule has 6 heteroatoms. The molecule has 0 fully saturated rings. The molecule has 0 aliphatic rings. The molecule has 1 unspecified atom stereocenters. The molecule has 4 nitrogen and oxygen atoms in total. The first-order valence-corrected chi connectivity index (χ1v) is 10.6. The molecule has 0 saturated heterocycles. The molecule has 1 rings (SSSR count). The van der Waals surface area contributed by atoms with Crippen LogP contribution in [-0.2, 0) is 14.3 Å². The van der Waals surface area contributed by atoms with Gasteiger partial charge in [0.15, 0.2) is 0 Å². The Labute approximate surface area is 169 Å². The summed E-state index contributed by atoms with van der Waals surface area (Å²) < 4.78 is 23.9. The van der Waals surface area contributed by atoms with Gasteiger partial charge in [-0.25, -0.2) is 4.39 Å². The van der Waals surface area contributed by atoms with Crippen LogP contribution in [0.2, 0.25) is 0 Å². The maximum atomic E-state index is 13.0. The molecule has 0 aromatic heterocycles. The minimum Gasteiger partial charge on any atom is -0.463 e. The van der Waals surface area contributed by atoms with Gasteiger partial charge in [0, 0.05) is 12.8 Å². The van der Waals surface area contributed by atoms with Crippen molar-refractivity contribution in [1.29, 1.82) is 0 Å². The van der Waals surface area contributed by atoms with Gasteiger partial charge in [-0.3, -0.25) is 9.59 Å². The van der Waals surface area contributed by atoms with Gasteiger partial charge in [-0.05, 0) is 60.3 Å². The third kappa shape index (κ3) is 11.1. The van der Waals surface area contributed by atoms with Crippen LogP contribution in [0, 0.1) is 5.82 Å². The molecule has 0 amide bonds. The van der Waals surface area contributed by atoms with E-state index in [4.69, 9.17) is 9.47 Å². The van der Waals surface area contributed by atoms with E-state index in [-0.39, 0.29) is 30.7 Å². The van der Waals surface area contributed by atoms with Gasteiger partial charge in [-0.2, -0.15) is 0 Å². The first-order chi connectivity index (χ1) is 12.9. The molecule has 0 bridgehead atoms. The van der Waals surface area contributed by atoms with Crippen LogP contribution in [0.3, 0.4) is 0 Å². The van der Waals surface area contributed by atoms with Gasteiger partial charge in [0.1, 0.15) is 11.6 Å². The monoisotopic (exact) mass is 444 g/mol. The Bertz CT molecular complexity index is 592. The lowest BCUT2D eigenvalue weighted by atomic mass is 10.1. The Hall–Kier alpha value is -1.43. The summed E-state index contributed by atoms with van der Waals surface area (Å²) in [7, 11) is 0. The number of carbonyl (C=O) groups excluding carboxylic acids is 2. The number of hydrogen-bond acceptors (Lipinski definition) is 4. The van der Waals surface area contributed by atoms with Crippen molar-refractivity contribution in [2.75, 3.05) is 0 Å². The molecule has 0 saturated carbocycles. The van der Waals surface area contributed by atoms with Crippen LogP contribution in [0.25, 0.3) is 0 Å². The van der Waals surface area contributed by atoms with E-state index >= 15 is 0 Å². The average molecular weight is 445 g/mol.